The molecule has 5 nitrogen and oxygen atoms in total. The second-order valence-electron chi connectivity index (χ2n) is 5.44. The van der Waals surface area contributed by atoms with Gasteiger partial charge in [0.25, 0.3) is 0 Å². The Bertz CT molecular complexity index is 637. The number of carbonyl (C=O) groups excluding carboxylic acids is 1. The van der Waals surface area contributed by atoms with Gasteiger partial charge in [0.15, 0.2) is 5.13 Å². The van der Waals surface area contributed by atoms with E-state index >= 15 is 0 Å². The molecule has 2 amide bonds. The average Bonchev–Trinajstić information content (AvgIpc) is 3.15. The molecule has 0 radical (unpaired) electrons. The number of aryl methyl sites for hydroxylation is 1. The van der Waals surface area contributed by atoms with E-state index in [0.29, 0.717) is 10.8 Å². The van der Waals surface area contributed by atoms with Gasteiger partial charge in [0.1, 0.15) is 5.75 Å². The smallest absolute Gasteiger partial charge is 0.325 e. The number of ether oxygens (including phenoxy) is 1. The lowest BCUT2D eigenvalue weighted by atomic mass is 10.2. The fourth-order valence-corrected chi connectivity index (χ4v) is 3.08. The Hall–Kier alpha value is -2.08. The van der Waals surface area contributed by atoms with Gasteiger partial charge in [0, 0.05) is 11.6 Å². The van der Waals surface area contributed by atoms with Crippen molar-refractivity contribution in [3.8, 4) is 5.75 Å². The molecule has 1 aromatic heterocycles. The molecule has 0 unspecified atom stereocenters. The fraction of sp³-hybridized carbons (Fsp3) is 0.375. The number of nitrogens with zero attached hydrogens (tertiary/aromatic N) is 1. The maximum Gasteiger partial charge on any atom is 0.325 e. The van der Waals surface area contributed by atoms with Crippen LogP contribution in [0.25, 0.3) is 0 Å². The molecule has 1 fully saturated rings. The third-order valence-electron chi connectivity index (χ3n) is 3.63. The Labute approximate surface area is 133 Å². The number of rotatable bonds is 4. The lowest BCUT2D eigenvalue weighted by molar-refractivity contribution is 0.211. The van der Waals surface area contributed by atoms with Crippen molar-refractivity contribution < 1.29 is 9.53 Å². The van der Waals surface area contributed by atoms with Crippen molar-refractivity contribution in [2.45, 2.75) is 38.7 Å². The second-order valence-corrected chi connectivity index (χ2v) is 6.33. The highest BCUT2D eigenvalue weighted by molar-refractivity contribution is 7.13. The van der Waals surface area contributed by atoms with Crippen LogP contribution in [-0.4, -0.2) is 17.1 Å². The molecule has 22 heavy (non-hydrogen) atoms. The molecular weight excluding hydrogens is 298 g/mol. The van der Waals surface area contributed by atoms with Crippen LogP contribution in [0.3, 0.4) is 0 Å². The van der Waals surface area contributed by atoms with Crippen molar-refractivity contribution in [1.29, 1.82) is 0 Å². The Morgan fingerprint density at radius 1 is 1.32 bits per heavy atom. The van der Waals surface area contributed by atoms with E-state index in [0.717, 1.165) is 24.2 Å². The van der Waals surface area contributed by atoms with Gasteiger partial charge in [-0.15, -0.1) is 11.3 Å². The largest absolute Gasteiger partial charge is 0.488 e. The van der Waals surface area contributed by atoms with E-state index in [9.17, 15) is 4.79 Å². The zero-order valence-electron chi connectivity index (χ0n) is 12.5. The van der Waals surface area contributed by atoms with Gasteiger partial charge in [-0.25, -0.2) is 9.78 Å². The number of anilines is 2. The Kier molecular flexibility index (Phi) is 4.58. The summed E-state index contributed by atoms with van der Waals surface area (Å²) in [5.41, 5.74) is 1.80. The lowest BCUT2D eigenvalue weighted by Gasteiger charge is -2.17. The molecule has 116 valence electrons. The van der Waals surface area contributed by atoms with Gasteiger partial charge in [-0.3, -0.25) is 5.32 Å². The second kappa shape index (κ2) is 6.79. The molecule has 1 aliphatic carbocycles. The van der Waals surface area contributed by atoms with E-state index in [4.69, 9.17) is 4.74 Å². The van der Waals surface area contributed by atoms with Gasteiger partial charge in [0.05, 0.1) is 11.8 Å². The maximum absolute atomic E-state index is 12.0. The predicted molar refractivity (Wildman–Crippen MR) is 88.8 cm³/mol. The van der Waals surface area contributed by atoms with Crippen molar-refractivity contribution in [3.05, 3.63) is 35.3 Å². The van der Waals surface area contributed by atoms with Crippen molar-refractivity contribution in [2.75, 3.05) is 10.6 Å². The van der Waals surface area contributed by atoms with Crippen LogP contribution in [0, 0.1) is 6.92 Å². The minimum absolute atomic E-state index is 0.254. The summed E-state index contributed by atoms with van der Waals surface area (Å²) in [6.45, 7) is 2.01. The first-order valence-electron chi connectivity index (χ1n) is 7.45. The highest BCUT2D eigenvalue weighted by Gasteiger charge is 2.18. The normalized spacial score (nSPS) is 14.8. The fourth-order valence-electron chi connectivity index (χ4n) is 2.55. The van der Waals surface area contributed by atoms with Crippen molar-refractivity contribution in [2.24, 2.45) is 0 Å². The van der Waals surface area contributed by atoms with Crippen LogP contribution >= 0.6 is 11.3 Å². The highest BCUT2D eigenvalue weighted by Crippen LogP contribution is 2.31. The molecule has 6 heteroatoms. The SMILES string of the molecule is Cc1ccc(NC(=O)Nc2nccs2)c(OC2CCCC2)c1. The summed E-state index contributed by atoms with van der Waals surface area (Å²) in [5, 5.41) is 7.94. The molecule has 1 saturated carbocycles. The number of amides is 2. The molecule has 1 heterocycles. The van der Waals surface area contributed by atoms with Gasteiger partial charge in [-0.05, 0) is 50.3 Å². The van der Waals surface area contributed by atoms with E-state index in [-0.39, 0.29) is 12.1 Å². The summed E-state index contributed by atoms with van der Waals surface area (Å²) < 4.78 is 6.07. The van der Waals surface area contributed by atoms with Gasteiger partial charge in [0.2, 0.25) is 0 Å². The molecule has 0 spiro atoms. The number of benzene rings is 1. The first kappa shape index (κ1) is 14.8. The van der Waals surface area contributed by atoms with Crippen molar-refractivity contribution in [3.63, 3.8) is 0 Å². The van der Waals surface area contributed by atoms with E-state index < -0.39 is 0 Å². The number of aromatic nitrogens is 1. The van der Waals surface area contributed by atoms with E-state index in [1.165, 1.54) is 24.2 Å². The molecule has 0 bridgehead atoms. The van der Waals surface area contributed by atoms with Gasteiger partial charge in [-0.1, -0.05) is 6.07 Å². The van der Waals surface area contributed by atoms with Crippen LogP contribution in [0.4, 0.5) is 15.6 Å². The topological polar surface area (TPSA) is 63.2 Å². The number of carbonyl (C=O) groups is 1. The van der Waals surface area contributed by atoms with Crippen molar-refractivity contribution >= 4 is 28.2 Å². The third kappa shape index (κ3) is 3.76. The first-order valence-corrected chi connectivity index (χ1v) is 8.33. The van der Waals surface area contributed by atoms with Crippen LogP contribution in [0.2, 0.25) is 0 Å². The van der Waals surface area contributed by atoms with Crippen LogP contribution < -0.4 is 15.4 Å². The summed E-state index contributed by atoms with van der Waals surface area (Å²) in [5.74, 6) is 0.737. The molecule has 0 aliphatic heterocycles. The number of nitrogens with one attached hydrogen (secondary N) is 2. The van der Waals surface area contributed by atoms with Gasteiger partial charge in [-0.2, -0.15) is 0 Å². The van der Waals surface area contributed by atoms with Crippen LogP contribution in [0.1, 0.15) is 31.2 Å². The number of hydrogen-bond acceptors (Lipinski definition) is 4. The van der Waals surface area contributed by atoms with Crippen molar-refractivity contribution in [1.82, 2.24) is 4.98 Å². The molecule has 1 aromatic carbocycles. The van der Waals surface area contributed by atoms with E-state index in [2.05, 4.69) is 15.6 Å². The summed E-state index contributed by atoms with van der Waals surface area (Å²) in [6.07, 6.45) is 6.50. The third-order valence-corrected chi connectivity index (χ3v) is 4.32. The Balaban J connectivity index is 1.70. The highest BCUT2D eigenvalue weighted by atomic mass is 32.1. The number of hydrogen-bond donors (Lipinski definition) is 2. The standard InChI is InChI=1S/C16H19N3O2S/c1-11-6-7-13(14(10-11)21-12-4-2-3-5-12)18-15(20)19-16-17-8-9-22-16/h6-10,12H,2-5H2,1H3,(H2,17,18,19,20). The Morgan fingerprint density at radius 3 is 2.86 bits per heavy atom. The quantitative estimate of drug-likeness (QED) is 0.877. The number of thiazole rings is 1. The molecule has 2 N–H and O–H groups in total. The summed E-state index contributed by atoms with van der Waals surface area (Å²) in [7, 11) is 0. The first-order chi connectivity index (χ1) is 10.7. The molecule has 1 aliphatic rings. The minimum atomic E-state index is -0.310. The zero-order chi connectivity index (χ0) is 15.4. The Morgan fingerprint density at radius 2 is 2.14 bits per heavy atom. The molecule has 2 aromatic rings. The molecule has 0 saturated heterocycles. The van der Waals surface area contributed by atoms with E-state index in [1.54, 1.807) is 6.20 Å². The maximum atomic E-state index is 12.0. The lowest BCUT2D eigenvalue weighted by Crippen LogP contribution is -2.20. The summed E-state index contributed by atoms with van der Waals surface area (Å²) in [6, 6.07) is 5.49. The summed E-state index contributed by atoms with van der Waals surface area (Å²) in [4.78, 5) is 16.1. The van der Waals surface area contributed by atoms with Gasteiger partial charge < -0.3 is 10.1 Å². The van der Waals surface area contributed by atoms with Gasteiger partial charge >= 0.3 is 6.03 Å². The summed E-state index contributed by atoms with van der Waals surface area (Å²) >= 11 is 1.38. The van der Waals surface area contributed by atoms with Crippen LogP contribution in [-0.2, 0) is 0 Å². The average molecular weight is 317 g/mol. The predicted octanol–water partition coefficient (Wildman–Crippen LogP) is 4.42. The van der Waals surface area contributed by atoms with Crippen LogP contribution in [0.15, 0.2) is 29.8 Å². The number of urea groups is 1. The van der Waals surface area contributed by atoms with Crippen LogP contribution in [0.5, 0.6) is 5.75 Å². The minimum Gasteiger partial charge on any atom is -0.488 e. The zero-order valence-corrected chi connectivity index (χ0v) is 13.3. The molecule has 0 atom stereocenters. The monoisotopic (exact) mass is 317 g/mol. The molecule has 3 rings (SSSR count). The molecular formula is C16H19N3O2S. The van der Waals surface area contributed by atoms with E-state index in [1.807, 2.05) is 30.5 Å².